The molecule has 0 fully saturated rings. The van der Waals surface area contributed by atoms with Gasteiger partial charge in [-0.1, -0.05) is 34.6 Å². The van der Waals surface area contributed by atoms with Gasteiger partial charge in [0.15, 0.2) is 0 Å². The summed E-state index contributed by atoms with van der Waals surface area (Å²) in [6, 6.07) is 8.03. The maximum atomic E-state index is 10.7. The topological polar surface area (TPSA) is 35.5 Å². The van der Waals surface area contributed by atoms with E-state index in [0.29, 0.717) is 19.8 Å². The van der Waals surface area contributed by atoms with E-state index in [2.05, 4.69) is 22.5 Å². The SMILES string of the molecule is C=CC(=O)OCCCCOCc1ccc(Br)cc1. The standard InChI is InChI=1S/C14H17BrO3/c1-2-14(16)18-10-4-3-9-17-11-12-5-7-13(15)8-6-12/h2,5-8H,1,3-4,9-11H2. The first-order valence-corrected chi connectivity index (χ1v) is 6.63. The van der Waals surface area contributed by atoms with Crippen molar-refractivity contribution in [2.45, 2.75) is 19.4 Å². The molecule has 0 amide bonds. The molecule has 0 atom stereocenters. The van der Waals surface area contributed by atoms with E-state index in [1.54, 1.807) is 0 Å². The number of hydrogen-bond donors (Lipinski definition) is 0. The molecule has 0 bridgehead atoms. The molecule has 0 aromatic heterocycles. The molecular formula is C14H17BrO3. The number of hydrogen-bond acceptors (Lipinski definition) is 3. The number of ether oxygens (including phenoxy) is 2. The fourth-order valence-corrected chi connectivity index (χ4v) is 1.57. The highest BCUT2D eigenvalue weighted by molar-refractivity contribution is 9.10. The summed E-state index contributed by atoms with van der Waals surface area (Å²) in [5.74, 6) is -0.370. The van der Waals surface area contributed by atoms with E-state index in [1.807, 2.05) is 24.3 Å². The Labute approximate surface area is 116 Å². The molecule has 1 aromatic rings. The smallest absolute Gasteiger partial charge is 0.330 e. The Morgan fingerprint density at radius 3 is 2.56 bits per heavy atom. The second-order valence-electron chi connectivity index (χ2n) is 3.76. The van der Waals surface area contributed by atoms with E-state index in [1.165, 1.54) is 6.08 Å². The van der Waals surface area contributed by atoms with Crippen LogP contribution in [0.5, 0.6) is 0 Å². The van der Waals surface area contributed by atoms with Crippen molar-refractivity contribution < 1.29 is 14.3 Å². The van der Waals surface area contributed by atoms with Gasteiger partial charge in [-0.3, -0.25) is 0 Å². The minimum absolute atomic E-state index is 0.370. The van der Waals surface area contributed by atoms with E-state index in [-0.39, 0.29) is 5.97 Å². The van der Waals surface area contributed by atoms with Gasteiger partial charge in [-0.25, -0.2) is 4.79 Å². The van der Waals surface area contributed by atoms with Gasteiger partial charge in [0.2, 0.25) is 0 Å². The third-order valence-electron chi connectivity index (χ3n) is 2.28. The predicted octanol–water partition coefficient (Wildman–Crippen LogP) is 3.48. The Balaban J connectivity index is 2.00. The van der Waals surface area contributed by atoms with E-state index >= 15 is 0 Å². The number of carbonyl (C=O) groups is 1. The molecule has 0 aliphatic heterocycles. The van der Waals surface area contributed by atoms with Crippen LogP contribution in [0.3, 0.4) is 0 Å². The number of unbranched alkanes of at least 4 members (excludes halogenated alkanes) is 1. The zero-order valence-corrected chi connectivity index (χ0v) is 11.8. The van der Waals surface area contributed by atoms with Gasteiger partial charge in [-0.2, -0.15) is 0 Å². The van der Waals surface area contributed by atoms with Crippen LogP contribution in [0.25, 0.3) is 0 Å². The molecule has 0 aliphatic carbocycles. The molecule has 4 heteroatoms. The molecule has 0 heterocycles. The molecule has 0 saturated carbocycles. The third-order valence-corrected chi connectivity index (χ3v) is 2.80. The predicted molar refractivity (Wildman–Crippen MR) is 74.2 cm³/mol. The van der Waals surface area contributed by atoms with E-state index < -0.39 is 0 Å². The molecule has 0 spiro atoms. The van der Waals surface area contributed by atoms with E-state index in [9.17, 15) is 4.79 Å². The van der Waals surface area contributed by atoms with Crippen molar-refractivity contribution in [1.82, 2.24) is 0 Å². The highest BCUT2D eigenvalue weighted by Gasteiger charge is 1.96. The van der Waals surface area contributed by atoms with Crippen LogP contribution in [0.2, 0.25) is 0 Å². The fraction of sp³-hybridized carbons (Fsp3) is 0.357. The van der Waals surface area contributed by atoms with Crippen LogP contribution in [0.4, 0.5) is 0 Å². The van der Waals surface area contributed by atoms with Crippen LogP contribution >= 0.6 is 15.9 Å². The summed E-state index contributed by atoms with van der Waals surface area (Å²) in [5, 5.41) is 0. The van der Waals surface area contributed by atoms with Crippen LogP contribution in [0, 0.1) is 0 Å². The number of halogens is 1. The van der Waals surface area contributed by atoms with Gasteiger partial charge in [0.05, 0.1) is 13.2 Å². The number of carbonyl (C=O) groups excluding carboxylic acids is 1. The highest BCUT2D eigenvalue weighted by atomic mass is 79.9. The van der Waals surface area contributed by atoms with Crippen molar-refractivity contribution in [3.8, 4) is 0 Å². The normalized spacial score (nSPS) is 10.1. The summed E-state index contributed by atoms with van der Waals surface area (Å²) in [6.45, 7) is 5.03. The van der Waals surface area contributed by atoms with Crippen molar-refractivity contribution >= 4 is 21.9 Å². The summed E-state index contributed by atoms with van der Waals surface area (Å²) < 4.78 is 11.4. The van der Waals surface area contributed by atoms with Gasteiger partial charge < -0.3 is 9.47 Å². The Hall–Kier alpha value is -1.13. The molecule has 1 rings (SSSR count). The van der Waals surface area contributed by atoms with Gasteiger partial charge in [0.25, 0.3) is 0 Å². The average Bonchev–Trinajstić information content (AvgIpc) is 2.39. The lowest BCUT2D eigenvalue weighted by atomic mass is 10.2. The Morgan fingerprint density at radius 2 is 1.89 bits per heavy atom. The molecule has 0 N–H and O–H groups in total. The van der Waals surface area contributed by atoms with E-state index in [0.717, 1.165) is 22.9 Å². The Kier molecular flexibility index (Phi) is 7.37. The molecule has 3 nitrogen and oxygen atoms in total. The molecule has 0 aliphatic rings. The van der Waals surface area contributed by atoms with Crippen LogP contribution in [0.15, 0.2) is 41.4 Å². The minimum atomic E-state index is -0.370. The molecule has 1 aromatic carbocycles. The maximum absolute atomic E-state index is 10.7. The average molecular weight is 313 g/mol. The Morgan fingerprint density at radius 1 is 1.22 bits per heavy atom. The minimum Gasteiger partial charge on any atom is -0.463 e. The summed E-state index contributed by atoms with van der Waals surface area (Å²) in [7, 11) is 0. The number of rotatable bonds is 8. The van der Waals surface area contributed by atoms with Crippen LogP contribution in [0.1, 0.15) is 18.4 Å². The van der Waals surface area contributed by atoms with Crippen LogP contribution in [-0.4, -0.2) is 19.2 Å². The first-order valence-electron chi connectivity index (χ1n) is 5.84. The lowest BCUT2D eigenvalue weighted by Crippen LogP contribution is -2.03. The zero-order valence-electron chi connectivity index (χ0n) is 10.2. The van der Waals surface area contributed by atoms with Gasteiger partial charge >= 0.3 is 5.97 Å². The summed E-state index contributed by atoms with van der Waals surface area (Å²) in [6.07, 6.45) is 2.85. The lowest BCUT2D eigenvalue weighted by Gasteiger charge is -2.05. The molecule has 0 unspecified atom stereocenters. The zero-order chi connectivity index (χ0) is 13.2. The second kappa shape index (κ2) is 8.89. The van der Waals surface area contributed by atoms with Gasteiger partial charge in [-0.05, 0) is 30.5 Å². The molecule has 18 heavy (non-hydrogen) atoms. The van der Waals surface area contributed by atoms with Crippen molar-refractivity contribution in [2.75, 3.05) is 13.2 Å². The molecular weight excluding hydrogens is 296 g/mol. The summed E-state index contributed by atoms with van der Waals surface area (Å²) in [4.78, 5) is 10.7. The number of esters is 1. The van der Waals surface area contributed by atoms with Gasteiger partial charge in [0, 0.05) is 17.2 Å². The lowest BCUT2D eigenvalue weighted by molar-refractivity contribution is -0.137. The van der Waals surface area contributed by atoms with Crippen molar-refractivity contribution in [3.63, 3.8) is 0 Å². The maximum Gasteiger partial charge on any atom is 0.330 e. The number of benzene rings is 1. The fourth-order valence-electron chi connectivity index (χ4n) is 1.31. The molecule has 98 valence electrons. The summed E-state index contributed by atoms with van der Waals surface area (Å²) in [5.41, 5.74) is 1.15. The largest absolute Gasteiger partial charge is 0.463 e. The van der Waals surface area contributed by atoms with Crippen molar-refractivity contribution in [2.24, 2.45) is 0 Å². The van der Waals surface area contributed by atoms with E-state index in [4.69, 9.17) is 9.47 Å². The highest BCUT2D eigenvalue weighted by Crippen LogP contribution is 2.11. The van der Waals surface area contributed by atoms with Crippen molar-refractivity contribution in [1.29, 1.82) is 0 Å². The van der Waals surface area contributed by atoms with Gasteiger partial charge in [-0.15, -0.1) is 0 Å². The van der Waals surface area contributed by atoms with Crippen LogP contribution < -0.4 is 0 Å². The monoisotopic (exact) mass is 312 g/mol. The second-order valence-corrected chi connectivity index (χ2v) is 4.67. The van der Waals surface area contributed by atoms with Crippen LogP contribution in [-0.2, 0) is 20.9 Å². The quantitative estimate of drug-likeness (QED) is 0.419. The Bertz CT molecular complexity index is 373. The molecule has 0 radical (unpaired) electrons. The van der Waals surface area contributed by atoms with Crippen molar-refractivity contribution in [3.05, 3.63) is 47.0 Å². The molecule has 0 saturated heterocycles. The first kappa shape index (κ1) is 14.9. The van der Waals surface area contributed by atoms with Gasteiger partial charge in [0.1, 0.15) is 0 Å². The first-order chi connectivity index (χ1) is 8.72. The third kappa shape index (κ3) is 6.57. The summed E-state index contributed by atoms with van der Waals surface area (Å²) >= 11 is 3.38.